The first-order valence-corrected chi connectivity index (χ1v) is 8.38. The summed E-state index contributed by atoms with van der Waals surface area (Å²) in [5.41, 5.74) is -0.540. The van der Waals surface area contributed by atoms with Crippen LogP contribution in [0, 0.1) is 0 Å². The van der Waals surface area contributed by atoms with Crippen LogP contribution in [0.1, 0.15) is 40.0 Å². The fraction of sp³-hybridized carbons (Fsp3) is 0.909. The van der Waals surface area contributed by atoms with Crippen molar-refractivity contribution in [3.63, 3.8) is 0 Å². The lowest BCUT2D eigenvalue weighted by molar-refractivity contribution is 0.0257. The van der Waals surface area contributed by atoms with Gasteiger partial charge in [0.2, 0.25) is 9.05 Å². The third-order valence-corrected chi connectivity index (χ3v) is 4.75. The first-order chi connectivity index (χ1) is 8.09. The Morgan fingerprint density at radius 3 is 2.39 bits per heavy atom. The minimum Gasteiger partial charge on any atom is -0.444 e. The van der Waals surface area contributed by atoms with Crippen LogP contribution in [0.25, 0.3) is 0 Å². The lowest BCUT2D eigenvalue weighted by Crippen LogP contribution is -2.37. The zero-order valence-corrected chi connectivity index (χ0v) is 12.6. The number of amides is 1. The van der Waals surface area contributed by atoms with E-state index in [4.69, 9.17) is 15.4 Å². The molecular formula is C11H20ClNO4S. The van der Waals surface area contributed by atoms with Crippen LogP contribution in [-0.2, 0) is 13.8 Å². The Hall–Kier alpha value is -0.490. The highest BCUT2D eigenvalue weighted by molar-refractivity contribution is 8.14. The van der Waals surface area contributed by atoms with Crippen molar-refractivity contribution in [2.24, 2.45) is 0 Å². The van der Waals surface area contributed by atoms with Crippen molar-refractivity contribution in [2.75, 3.05) is 13.1 Å². The maximum atomic E-state index is 11.8. The zero-order chi connectivity index (χ0) is 14.0. The molecule has 1 aliphatic heterocycles. The quantitative estimate of drug-likeness (QED) is 0.697. The summed E-state index contributed by atoms with van der Waals surface area (Å²) < 4.78 is 27.8. The molecule has 0 bridgehead atoms. The van der Waals surface area contributed by atoms with Crippen LogP contribution in [0.3, 0.4) is 0 Å². The van der Waals surface area contributed by atoms with Gasteiger partial charge in [0.25, 0.3) is 0 Å². The average molecular weight is 298 g/mol. The van der Waals surface area contributed by atoms with Crippen LogP contribution in [-0.4, -0.2) is 43.4 Å². The Labute approximate surface area is 113 Å². The van der Waals surface area contributed by atoms with Crippen LogP contribution in [0.4, 0.5) is 4.79 Å². The Bertz CT molecular complexity index is 402. The SMILES string of the molecule is CC(C)(C)OC(=O)N1CCC[C@@H](S(=O)(=O)Cl)CC1. The lowest BCUT2D eigenvalue weighted by Gasteiger charge is -2.26. The lowest BCUT2D eigenvalue weighted by atomic mass is 10.2. The largest absolute Gasteiger partial charge is 0.444 e. The molecule has 1 aliphatic rings. The maximum Gasteiger partial charge on any atom is 0.410 e. The highest BCUT2D eigenvalue weighted by Crippen LogP contribution is 2.22. The smallest absolute Gasteiger partial charge is 0.410 e. The van der Waals surface area contributed by atoms with Gasteiger partial charge < -0.3 is 9.64 Å². The van der Waals surface area contributed by atoms with E-state index in [1.54, 1.807) is 25.7 Å². The van der Waals surface area contributed by atoms with Gasteiger partial charge >= 0.3 is 6.09 Å². The fourth-order valence-electron chi connectivity index (χ4n) is 1.86. The van der Waals surface area contributed by atoms with E-state index in [9.17, 15) is 13.2 Å². The molecule has 0 spiro atoms. The van der Waals surface area contributed by atoms with E-state index in [0.717, 1.165) is 0 Å². The van der Waals surface area contributed by atoms with E-state index in [1.165, 1.54) is 0 Å². The topological polar surface area (TPSA) is 63.7 Å². The molecule has 1 amide bonds. The molecule has 0 aromatic heterocycles. The van der Waals surface area contributed by atoms with Gasteiger partial charge in [-0.05, 0) is 40.0 Å². The zero-order valence-electron chi connectivity index (χ0n) is 11.0. The summed E-state index contributed by atoms with van der Waals surface area (Å²) >= 11 is 0. The Balaban J connectivity index is 2.60. The first-order valence-electron chi connectivity index (χ1n) is 6.01. The van der Waals surface area contributed by atoms with Gasteiger partial charge in [-0.1, -0.05) is 0 Å². The number of rotatable bonds is 1. The monoisotopic (exact) mass is 297 g/mol. The summed E-state index contributed by atoms with van der Waals surface area (Å²) in [6, 6.07) is 0. The number of hydrogen-bond donors (Lipinski definition) is 0. The van der Waals surface area contributed by atoms with Crippen LogP contribution < -0.4 is 0 Å². The number of likely N-dealkylation sites (tertiary alicyclic amines) is 1. The molecule has 0 saturated carbocycles. The summed E-state index contributed by atoms with van der Waals surface area (Å²) in [6.07, 6.45) is 1.08. The highest BCUT2D eigenvalue weighted by Gasteiger charge is 2.29. The summed E-state index contributed by atoms with van der Waals surface area (Å²) in [5.74, 6) is 0. The number of carbonyl (C=O) groups is 1. The summed E-state index contributed by atoms with van der Waals surface area (Å²) in [6.45, 7) is 6.28. The van der Waals surface area contributed by atoms with Gasteiger partial charge in [0, 0.05) is 23.8 Å². The maximum absolute atomic E-state index is 11.8. The number of hydrogen-bond acceptors (Lipinski definition) is 4. The van der Waals surface area contributed by atoms with E-state index in [-0.39, 0.29) is 0 Å². The number of ether oxygens (including phenoxy) is 1. The molecule has 0 unspecified atom stereocenters. The molecule has 5 nitrogen and oxygen atoms in total. The van der Waals surface area contributed by atoms with Gasteiger partial charge in [-0.25, -0.2) is 13.2 Å². The molecule has 106 valence electrons. The predicted molar refractivity (Wildman–Crippen MR) is 70.2 cm³/mol. The molecule has 1 saturated heterocycles. The van der Waals surface area contributed by atoms with Gasteiger partial charge in [-0.15, -0.1) is 0 Å². The molecular weight excluding hydrogens is 278 g/mol. The van der Waals surface area contributed by atoms with E-state index in [1.807, 2.05) is 0 Å². The molecule has 1 rings (SSSR count). The van der Waals surface area contributed by atoms with Crippen molar-refractivity contribution in [3.05, 3.63) is 0 Å². The standard InChI is InChI=1S/C11H20ClNO4S/c1-11(2,3)17-10(14)13-7-4-5-9(6-8-13)18(12,15)16/h9H,4-8H2,1-3H3/t9-/m1/s1. The normalized spacial score (nSPS) is 22.4. The second kappa shape index (κ2) is 5.65. The minimum atomic E-state index is -3.54. The highest BCUT2D eigenvalue weighted by atomic mass is 35.7. The molecule has 1 heterocycles. The van der Waals surface area contributed by atoms with Gasteiger partial charge in [0.1, 0.15) is 5.60 Å². The van der Waals surface area contributed by atoms with Crippen molar-refractivity contribution in [1.29, 1.82) is 0 Å². The molecule has 18 heavy (non-hydrogen) atoms. The Morgan fingerprint density at radius 2 is 1.89 bits per heavy atom. The van der Waals surface area contributed by atoms with Crippen LogP contribution in [0.2, 0.25) is 0 Å². The number of nitrogens with zero attached hydrogens (tertiary/aromatic N) is 1. The number of carbonyl (C=O) groups excluding carboxylic acids is 1. The Kier molecular flexibility index (Phi) is 4.89. The Morgan fingerprint density at radius 1 is 1.28 bits per heavy atom. The molecule has 7 heteroatoms. The van der Waals surface area contributed by atoms with Crippen molar-refractivity contribution in [3.8, 4) is 0 Å². The average Bonchev–Trinajstić information content (AvgIpc) is 2.38. The third-order valence-electron chi connectivity index (χ3n) is 2.72. The van der Waals surface area contributed by atoms with Gasteiger partial charge in [0.15, 0.2) is 0 Å². The second-order valence-corrected chi connectivity index (χ2v) is 8.40. The number of halogens is 1. The molecule has 0 aromatic carbocycles. The molecule has 1 atom stereocenters. The van der Waals surface area contributed by atoms with Crippen molar-refractivity contribution >= 4 is 25.8 Å². The van der Waals surface area contributed by atoms with Crippen molar-refractivity contribution in [2.45, 2.75) is 50.9 Å². The van der Waals surface area contributed by atoms with Crippen molar-refractivity contribution < 1.29 is 17.9 Å². The van der Waals surface area contributed by atoms with Crippen LogP contribution >= 0.6 is 10.7 Å². The van der Waals surface area contributed by atoms with E-state index in [0.29, 0.717) is 32.4 Å². The second-order valence-electron chi connectivity index (χ2n) is 5.50. The van der Waals surface area contributed by atoms with E-state index >= 15 is 0 Å². The van der Waals surface area contributed by atoms with E-state index < -0.39 is 26.0 Å². The summed E-state index contributed by atoms with van der Waals surface area (Å²) in [5, 5.41) is -0.563. The predicted octanol–water partition coefficient (Wildman–Crippen LogP) is 2.34. The minimum absolute atomic E-state index is 0.366. The van der Waals surface area contributed by atoms with Gasteiger partial charge in [0.05, 0.1) is 5.25 Å². The molecule has 0 aliphatic carbocycles. The molecule has 0 N–H and O–H groups in total. The first kappa shape index (κ1) is 15.6. The van der Waals surface area contributed by atoms with Gasteiger partial charge in [-0.3, -0.25) is 0 Å². The fourth-order valence-corrected chi connectivity index (χ4v) is 3.23. The summed E-state index contributed by atoms with van der Waals surface area (Å²) in [4.78, 5) is 13.4. The molecule has 1 fully saturated rings. The van der Waals surface area contributed by atoms with Crippen LogP contribution in [0.5, 0.6) is 0 Å². The van der Waals surface area contributed by atoms with Crippen molar-refractivity contribution in [1.82, 2.24) is 4.90 Å². The van der Waals surface area contributed by atoms with E-state index in [2.05, 4.69) is 0 Å². The summed E-state index contributed by atoms with van der Waals surface area (Å²) in [7, 11) is 1.82. The van der Waals surface area contributed by atoms with Crippen LogP contribution in [0.15, 0.2) is 0 Å². The van der Waals surface area contributed by atoms with Gasteiger partial charge in [-0.2, -0.15) is 0 Å². The third kappa shape index (κ3) is 5.02. The molecule has 0 aromatic rings. The molecule has 0 radical (unpaired) electrons.